The van der Waals surface area contributed by atoms with Crippen LogP contribution in [0.5, 0.6) is 0 Å². The lowest BCUT2D eigenvalue weighted by atomic mass is 10.1. The molecule has 0 heterocycles. The quantitative estimate of drug-likeness (QED) is 0.440. The summed E-state index contributed by atoms with van der Waals surface area (Å²) in [6, 6.07) is 3.97. The first-order valence-corrected chi connectivity index (χ1v) is 6.52. The van der Waals surface area contributed by atoms with Crippen molar-refractivity contribution >= 4 is 17.3 Å². The Labute approximate surface area is 123 Å². The van der Waals surface area contributed by atoms with Crippen molar-refractivity contribution < 1.29 is 9.72 Å². The van der Waals surface area contributed by atoms with Gasteiger partial charge in [-0.3, -0.25) is 20.8 Å². The summed E-state index contributed by atoms with van der Waals surface area (Å²) in [5.74, 6) is 5.06. The maximum Gasteiger partial charge on any atom is 0.270 e. The number of nitro benzene ring substituents is 1. The van der Waals surface area contributed by atoms with Crippen LogP contribution in [-0.2, 0) is 0 Å². The van der Waals surface area contributed by atoms with Crippen molar-refractivity contribution in [2.45, 2.75) is 6.42 Å². The molecule has 0 bridgehead atoms. The van der Waals surface area contributed by atoms with Crippen LogP contribution in [0.25, 0.3) is 0 Å². The third-order valence-corrected chi connectivity index (χ3v) is 3.05. The highest BCUT2D eigenvalue weighted by molar-refractivity contribution is 6.00. The average Bonchev–Trinajstić information content (AvgIpc) is 2.45. The van der Waals surface area contributed by atoms with Crippen LogP contribution in [0.2, 0.25) is 0 Å². The van der Waals surface area contributed by atoms with Crippen molar-refractivity contribution in [3.8, 4) is 0 Å². The Kier molecular flexibility index (Phi) is 6.07. The topological polar surface area (TPSA) is 105 Å². The lowest BCUT2D eigenvalue weighted by Gasteiger charge is -2.20. The van der Waals surface area contributed by atoms with Gasteiger partial charge in [-0.1, -0.05) is 0 Å². The van der Waals surface area contributed by atoms with E-state index in [4.69, 9.17) is 5.84 Å². The molecule has 0 aliphatic heterocycles. The zero-order chi connectivity index (χ0) is 16.0. The van der Waals surface area contributed by atoms with Gasteiger partial charge in [-0.2, -0.15) is 0 Å². The zero-order valence-electron chi connectivity index (χ0n) is 12.5. The van der Waals surface area contributed by atoms with Crippen LogP contribution in [0.15, 0.2) is 18.2 Å². The second-order valence-corrected chi connectivity index (χ2v) is 5.01. The van der Waals surface area contributed by atoms with Gasteiger partial charge in [0.15, 0.2) is 0 Å². The van der Waals surface area contributed by atoms with E-state index in [-0.39, 0.29) is 17.2 Å². The summed E-state index contributed by atoms with van der Waals surface area (Å²) in [7, 11) is 5.58. The minimum atomic E-state index is -0.539. The minimum absolute atomic E-state index is 0.140. The first kappa shape index (κ1) is 16.9. The highest BCUT2D eigenvalue weighted by Gasteiger charge is 2.19. The van der Waals surface area contributed by atoms with E-state index in [1.54, 1.807) is 7.05 Å². The number of nitrogen functional groups attached to an aromatic ring is 1. The number of hydrogen-bond acceptors (Lipinski definition) is 6. The fourth-order valence-corrected chi connectivity index (χ4v) is 1.88. The lowest BCUT2D eigenvalue weighted by Crippen LogP contribution is -2.30. The van der Waals surface area contributed by atoms with Gasteiger partial charge in [0.05, 0.1) is 16.2 Å². The summed E-state index contributed by atoms with van der Waals surface area (Å²) in [6.07, 6.45) is 0.815. The smallest absolute Gasteiger partial charge is 0.270 e. The number of nitrogens with one attached hydrogen (secondary N) is 1. The van der Waals surface area contributed by atoms with Gasteiger partial charge in [-0.05, 0) is 33.1 Å². The van der Waals surface area contributed by atoms with Crippen LogP contribution in [-0.4, -0.2) is 54.9 Å². The molecule has 1 aromatic rings. The van der Waals surface area contributed by atoms with Crippen LogP contribution >= 0.6 is 0 Å². The molecule has 1 aromatic carbocycles. The summed E-state index contributed by atoms with van der Waals surface area (Å²) in [5, 5.41) is 10.8. The van der Waals surface area contributed by atoms with Gasteiger partial charge in [-0.25, -0.2) is 0 Å². The minimum Gasteiger partial charge on any atom is -0.342 e. The summed E-state index contributed by atoms with van der Waals surface area (Å²) < 4.78 is 0. The van der Waals surface area contributed by atoms with E-state index >= 15 is 0 Å². The molecule has 0 aliphatic rings. The molecule has 1 amide bonds. The molecular formula is C13H21N5O3. The molecular weight excluding hydrogens is 274 g/mol. The molecule has 1 rings (SSSR count). The molecule has 0 saturated carbocycles. The second kappa shape index (κ2) is 7.55. The van der Waals surface area contributed by atoms with E-state index < -0.39 is 4.92 Å². The van der Waals surface area contributed by atoms with Gasteiger partial charge in [-0.15, -0.1) is 0 Å². The highest BCUT2D eigenvalue weighted by atomic mass is 16.6. The average molecular weight is 295 g/mol. The Bertz CT molecular complexity index is 519. The molecule has 116 valence electrons. The fourth-order valence-electron chi connectivity index (χ4n) is 1.88. The molecule has 0 radical (unpaired) electrons. The molecule has 0 aromatic heterocycles. The number of nitro groups is 1. The molecule has 0 unspecified atom stereocenters. The molecule has 8 nitrogen and oxygen atoms in total. The number of rotatable bonds is 7. The third-order valence-electron chi connectivity index (χ3n) is 3.05. The normalized spacial score (nSPS) is 10.5. The summed E-state index contributed by atoms with van der Waals surface area (Å²) in [6.45, 7) is 1.41. The molecule has 0 spiro atoms. The lowest BCUT2D eigenvalue weighted by molar-refractivity contribution is -0.384. The first-order chi connectivity index (χ1) is 9.86. The number of anilines is 1. The summed E-state index contributed by atoms with van der Waals surface area (Å²) in [5.41, 5.74) is 2.81. The Morgan fingerprint density at radius 2 is 2.00 bits per heavy atom. The monoisotopic (exact) mass is 295 g/mol. The summed E-state index contributed by atoms with van der Waals surface area (Å²) in [4.78, 5) is 26.2. The van der Waals surface area contributed by atoms with Gasteiger partial charge in [0, 0.05) is 25.7 Å². The van der Waals surface area contributed by atoms with Crippen molar-refractivity contribution in [3.05, 3.63) is 33.9 Å². The first-order valence-electron chi connectivity index (χ1n) is 6.52. The fraction of sp³-hybridized carbons (Fsp3) is 0.462. The van der Waals surface area contributed by atoms with Crippen LogP contribution in [0.4, 0.5) is 11.4 Å². The van der Waals surface area contributed by atoms with E-state index in [0.29, 0.717) is 12.2 Å². The predicted molar refractivity (Wildman–Crippen MR) is 81.0 cm³/mol. The number of carbonyl (C=O) groups excluding carboxylic acids is 1. The van der Waals surface area contributed by atoms with E-state index in [1.807, 2.05) is 19.0 Å². The number of nitrogens with two attached hydrogens (primary N) is 1. The van der Waals surface area contributed by atoms with E-state index in [1.165, 1.54) is 23.1 Å². The molecule has 0 fully saturated rings. The number of benzene rings is 1. The van der Waals surface area contributed by atoms with Crippen molar-refractivity contribution in [2.24, 2.45) is 5.84 Å². The van der Waals surface area contributed by atoms with Crippen LogP contribution < -0.4 is 11.3 Å². The van der Waals surface area contributed by atoms with E-state index in [0.717, 1.165) is 13.0 Å². The molecule has 0 saturated heterocycles. The Balaban J connectivity index is 2.89. The number of nitrogens with zero attached hydrogens (tertiary/aromatic N) is 3. The largest absolute Gasteiger partial charge is 0.342 e. The van der Waals surface area contributed by atoms with E-state index in [2.05, 4.69) is 5.43 Å². The Hall–Kier alpha value is -2.19. The number of non-ortho nitro benzene ring substituents is 1. The zero-order valence-corrected chi connectivity index (χ0v) is 12.5. The van der Waals surface area contributed by atoms with Crippen molar-refractivity contribution in [1.82, 2.24) is 9.80 Å². The maximum absolute atomic E-state index is 12.4. The number of carbonyl (C=O) groups is 1. The van der Waals surface area contributed by atoms with Crippen LogP contribution in [0.1, 0.15) is 16.8 Å². The Morgan fingerprint density at radius 3 is 2.52 bits per heavy atom. The number of hydrogen-bond donors (Lipinski definition) is 2. The Morgan fingerprint density at radius 1 is 1.33 bits per heavy atom. The van der Waals surface area contributed by atoms with Crippen molar-refractivity contribution in [2.75, 3.05) is 39.7 Å². The molecule has 21 heavy (non-hydrogen) atoms. The van der Waals surface area contributed by atoms with Crippen molar-refractivity contribution in [3.63, 3.8) is 0 Å². The van der Waals surface area contributed by atoms with Gasteiger partial charge in [0.25, 0.3) is 11.6 Å². The third kappa shape index (κ3) is 4.69. The molecule has 0 aliphatic carbocycles. The second-order valence-electron chi connectivity index (χ2n) is 5.01. The maximum atomic E-state index is 12.4. The molecule has 3 N–H and O–H groups in total. The van der Waals surface area contributed by atoms with Gasteiger partial charge in [0.2, 0.25) is 0 Å². The molecule has 8 heteroatoms. The number of amides is 1. The summed E-state index contributed by atoms with van der Waals surface area (Å²) >= 11 is 0. The van der Waals surface area contributed by atoms with Gasteiger partial charge < -0.3 is 15.2 Å². The standard InChI is InChI=1S/C13H21N5O3/c1-16(2)7-4-8-17(3)13(19)11-9-10(18(20)21)5-6-12(11)15-14/h5-6,9,15H,4,7-8,14H2,1-3H3. The van der Waals surface area contributed by atoms with E-state index in [9.17, 15) is 14.9 Å². The molecule has 0 atom stereocenters. The predicted octanol–water partition coefficient (Wildman–Crippen LogP) is 0.904. The number of hydrazine groups is 1. The van der Waals surface area contributed by atoms with Gasteiger partial charge in [0.1, 0.15) is 0 Å². The van der Waals surface area contributed by atoms with Gasteiger partial charge >= 0.3 is 0 Å². The van der Waals surface area contributed by atoms with Crippen LogP contribution in [0, 0.1) is 10.1 Å². The van der Waals surface area contributed by atoms with Crippen LogP contribution in [0.3, 0.4) is 0 Å². The highest BCUT2D eigenvalue weighted by Crippen LogP contribution is 2.22. The van der Waals surface area contributed by atoms with Crippen molar-refractivity contribution in [1.29, 1.82) is 0 Å². The SMILES string of the molecule is CN(C)CCCN(C)C(=O)c1cc([N+](=O)[O-])ccc1NN.